The van der Waals surface area contributed by atoms with Gasteiger partial charge in [0.25, 0.3) is 0 Å². The normalized spacial score (nSPS) is 25.1. The molecule has 178 valence electrons. The molecule has 0 unspecified atom stereocenters. The Morgan fingerprint density at radius 2 is 1.50 bits per heavy atom. The van der Waals surface area contributed by atoms with Crippen LogP contribution in [0.4, 0.5) is 4.79 Å². The van der Waals surface area contributed by atoms with Crippen molar-refractivity contribution in [2.45, 2.75) is 56.5 Å². The summed E-state index contributed by atoms with van der Waals surface area (Å²) in [5.41, 5.74) is 4.74. The molecule has 0 aliphatic heterocycles. The van der Waals surface area contributed by atoms with Crippen LogP contribution in [0.25, 0.3) is 11.1 Å². The number of benzene rings is 2. The number of hydrogen-bond donors (Lipinski definition) is 3. The summed E-state index contributed by atoms with van der Waals surface area (Å²) in [7, 11) is 0. The minimum Gasteiger partial charge on any atom is -0.481 e. The number of alkyl carbamates (subject to hydrolysis) is 1. The number of carbonyl (C=O) groups is 3. The van der Waals surface area contributed by atoms with Crippen LogP contribution in [0, 0.1) is 11.8 Å². The molecule has 5 rings (SSSR count). The van der Waals surface area contributed by atoms with E-state index in [1.165, 1.54) is 22.3 Å². The van der Waals surface area contributed by atoms with Crippen molar-refractivity contribution in [3.63, 3.8) is 0 Å². The number of carbonyl (C=O) groups excluding carboxylic acids is 2. The highest BCUT2D eigenvalue weighted by Gasteiger charge is 2.36. The Morgan fingerprint density at radius 1 is 0.853 bits per heavy atom. The van der Waals surface area contributed by atoms with E-state index in [-0.39, 0.29) is 48.8 Å². The van der Waals surface area contributed by atoms with Gasteiger partial charge in [0.2, 0.25) is 5.91 Å². The van der Waals surface area contributed by atoms with Crippen molar-refractivity contribution < 1.29 is 24.2 Å². The first-order chi connectivity index (χ1) is 16.5. The Kier molecular flexibility index (Phi) is 6.26. The first-order valence-corrected chi connectivity index (χ1v) is 12.1. The first-order valence-electron chi connectivity index (χ1n) is 12.1. The lowest BCUT2D eigenvalue weighted by Crippen LogP contribution is -2.46. The summed E-state index contributed by atoms with van der Waals surface area (Å²) in [6, 6.07) is 16.5. The van der Waals surface area contributed by atoms with E-state index < -0.39 is 12.1 Å². The number of amides is 2. The van der Waals surface area contributed by atoms with Gasteiger partial charge in [-0.2, -0.15) is 0 Å². The lowest BCUT2D eigenvalue weighted by Gasteiger charge is -2.35. The summed E-state index contributed by atoms with van der Waals surface area (Å²) < 4.78 is 5.63. The van der Waals surface area contributed by atoms with Crippen molar-refractivity contribution in [1.29, 1.82) is 0 Å². The molecule has 2 aromatic rings. The second-order valence-electron chi connectivity index (χ2n) is 9.82. The molecule has 7 nitrogen and oxygen atoms in total. The number of aliphatic carboxylic acids is 1. The second kappa shape index (κ2) is 9.49. The molecule has 0 spiro atoms. The number of rotatable bonds is 7. The van der Waals surface area contributed by atoms with Crippen LogP contribution in [0.3, 0.4) is 0 Å². The summed E-state index contributed by atoms with van der Waals surface area (Å²) in [5.74, 6) is -0.720. The minimum absolute atomic E-state index is 0.00983. The Balaban J connectivity index is 1.08. The fourth-order valence-electron chi connectivity index (χ4n) is 5.74. The van der Waals surface area contributed by atoms with Crippen LogP contribution in [0.15, 0.2) is 48.5 Å². The molecule has 2 fully saturated rings. The van der Waals surface area contributed by atoms with Gasteiger partial charge in [0.05, 0.1) is 0 Å². The van der Waals surface area contributed by atoms with Crippen LogP contribution in [0.1, 0.15) is 55.6 Å². The highest BCUT2D eigenvalue weighted by atomic mass is 16.5. The SMILES string of the molecule is O=C(O)CC1CC(NC(=O)[C@@H]2CC[C@H](NC(=O)OCC3c4ccccc4-c4ccccc43)C2)C1. The molecule has 0 heterocycles. The smallest absolute Gasteiger partial charge is 0.407 e. The number of fused-ring (bicyclic) bond motifs is 3. The lowest BCUT2D eigenvalue weighted by atomic mass is 9.78. The molecule has 0 aromatic heterocycles. The Bertz CT molecular complexity index is 1050. The summed E-state index contributed by atoms with van der Waals surface area (Å²) >= 11 is 0. The van der Waals surface area contributed by atoms with Gasteiger partial charge in [-0.15, -0.1) is 0 Å². The summed E-state index contributed by atoms with van der Waals surface area (Å²) in [6.45, 7) is 0.273. The molecule has 2 amide bonds. The van der Waals surface area contributed by atoms with Gasteiger partial charge in [-0.05, 0) is 60.3 Å². The van der Waals surface area contributed by atoms with E-state index in [1.54, 1.807) is 0 Å². The van der Waals surface area contributed by atoms with E-state index in [1.807, 2.05) is 24.3 Å². The molecule has 3 aliphatic carbocycles. The molecule has 3 N–H and O–H groups in total. The van der Waals surface area contributed by atoms with E-state index in [4.69, 9.17) is 9.84 Å². The zero-order chi connectivity index (χ0) is 23.7. The van der Waals surface area contributed by atoms with E-state index >= 15 is 0 Å². The summed E-state index contributed by atoms with van der Waals surface area (Å²) in [6.07, 6.45) is 3.25. The van der Waals surface area contributed by atoms with Gasteiger partial charge in [-0.25, -0.2) is 4.79 Å². The van der Waals surface area contributed by atoms with Crippen molar-refractivity contribution in [2.24, 2.45) is 11.8 Å². The van der Waals surface area contributed by atoms with Gasteiger partial charge >= 0.3 is 12.1 Å². The third-order valence-electron chi connectivity index (χ3n) is 7.51. The highest BCUT2D eigenvalue weighted by molar-refractivity contribution is 5.80. The highest BCUT2D eigenvalue weighted by Crippen LogP contribution is 2.44. The van der Waals surface area contributed by atoms with Gasteiger partial charge in [-0.1, -0.05) is 48.5 Å². The standard InChI is InChI=1S/C27H30N2O5/c30-25(31)13-16-11-19(12-16)28-26(32)17-9-10-18(14-17)29-27(33)34-15-24-22-7-3-1-5-20(22)21-6-2-4-8-23(21)24/h1-8,16-19,24H,9-15H2,(H,28,32)(H,29,33)(H,30,31)/t16?,17-,18+,19?/m1/s1. The number of carboxylic acid groups (broad SMARTS) is 1. The van der Waals surface area contributed by atoms with Gasteiger partial charge in [0, 0.05) is 30.3 Å². The maximum absolute atomic E-state index is 12.6. The molecule has 3 aliphatic rings. The zero-order valence-corrected chi connectivity index (χ0v) is 19.0. The average Bonchev–Trinajstić information content (AvgIpc) is 3.39. The monoisotopic (exact) mass is 462 g/mol. The predicted molar refractivity (Wildman–Crippen MR) is 126 cm³/mol. The topological polar surface area (TPSA) is 105 Å². The molecule has 0 bridgehead atoms. The maximum atomic E-state index is 12.6. The molecular weight excluding hydrogens is 432 g/mol. The van der Waals surface area contributed by atoms with Crippen molar-refractivity contribution in [1.82, 2.24) is 10.6 Å². The van der Waals surface area contributed by atoms with Crippen LogP contribution in [0.2, 0.25) is 0 Å². The molecule has 34 heavy (non-hydrogen) atoms. The van der Waals surface area contributed by atoms with Crippen molar-refractivity contribution in [3.8, 4) is 11.1 Å². The summed E-state index contributed by atoms with van der Waals surface area (Å²) in [5, 5.41) is 14.8. The minimum atomic E-state index is -0.785. The number of nitrogens with one attached hydrogen (secondary N) is 2. The third kappa shape index (κ3) is 4.65. The Hall–Kier alpha value is -3.35. The van der Waals surface area contributed by atoms with Crippen LogP contribution >= 0.6 is 0 Å². The molecule has 2 atom stereocenters. The molecule has 2 aromatic carbocycles. The molecule has 7 heteroatoms. The Labute approximate surface area is 198 Å². The van der Waals surface area contributed by atoms with Crippen LogP contribution in [-0.4, -0.2) is 41.8 Å². The van der Waals surface area contributed by atoms with Crippen LogP contribution < -0.4 is 10.6 Å². The molecule has 0 radical (unpaired) electrons. The van der Waals surface area contributed by atoms with Crippen molar-refractivity contribution >= 4 is 18.0 Å². The van der Waals surface area contributed by atoms with E-state index in [9.17, 15) is 14.4 Å². The maximum Gasteiger partial charge on any atom is 0.407 e. The van der Waals surface area contributed by atoms with Gasteiger partial charge < -0.3 is 20.5 Å². The zero-order valence-electron chi connectivity index (χ0n) is 19.0. The van der Waals surface area contributed by atoms with Gasteiger partial charge in [-0.3, -0.25) is 9.59 Å². The number of carboxylic acids is 1. The molecule has 0 saturated heterocycles. The summed E-state index contributed by atoms with van der Waals surface area (Å²) in [4.78, 5) is 35.9. The quantitative estimate of drug-likeness (QED) is 0.576. The third-order valence-corrected chi connectivity index (χ3v) is 7.51. The number of hydrogen-bond acceptors (Lipinski definition) is 4. The molecule has 2 saturated carbocycles. The van der Waals surface area contributed by atoms with Gasteiger partial charge in [0.15, 0.2) is 0 Å². The van der Waals surface area contributed by atoms with Crippen molar-refractivity contribution in [3.05, 3.63) is 59.7 Å². The Morgan fingerprint density at radius 3 is 2.15 bits per heavy atom. The van der Waals surface area contributed by atoms with E-state index in [0.717, 1.165) is 25.7 Å². The number of ether oxygens (including phenoxy) is 1. The van der Waals surface area contributed by atoms with Gasteiger partial charge in [0.1, 0.15) is 6.61 Å². The largest absolute Gasteiger partial charge is 0.481 e. The van der Waals surface area contributed by atoms with E-state index in [2.05, 4.69) is 34.9 Å². The fraction of sp³-hybridized carbons (Fsp3) is 0.444. The molecular formula is C27H30N2O5. The van der Waals surface area contributed by atoms with Crippen LogP contribution in [-0.2, 0) is 14.3 Å². The van der Waals surface area contributed by atoms with E-state index in [0.29, 0.717) is 6.42 Å². The first kappa shape index (κ1) is 22.4. The van der Waals surface area contributed by atoms with Crippen molar-refractivity contribution in [2.75, 3.05) is 6.61 Å². The van der Waals surface area contributed by atoms with Crippen LogP contribution in [0.5, 0.6) is 0 Å². The fourth-order valence-corrected chi connectivity index (χ4v) is 5.74. The predicted octanol–water partition coefficient (Wildman–Crippen LogP) is 4.06. The average molecular weight is 463 g/mol. The second-order valence-corrected chi connectivity index (χ2v) is 9.82. The lowest BCUT2D eigenvalue weighted by molar-refractivity contribution is -0.139.